The lowest BCUT2D eigenvalue weighted by molar-refractivity contribution is 0.00481. The molecule has 1 saturated carbocycles. The Bertz CT molecular complexity index is 313. The highest BCUT2D eigenvalue weighted by atomic mass is 16.6. The molecule has 0 aromatic rings. The smallest absolute Gasteiger partial charge is 0.410 e. The third kappa shape index (κ3) is 4.63. The molecule has 3 atom stereocenters. The Kier molecular flexibility index (Phi) is 6.27. The van der Waals surface area contributed by atoms with E-state index >= 15 is 0 Å². The molecule has 0 aromatic heterocycles. The van der Waals surface area contributed by atoms with Gasteiger partial charge < -0.3 is 19.8 Å². The van der Waals surface area contributed by atoms with Crippen LogP contribution in [0.1, 0.15) is 53.4 Å². The van der Waals surface area contributed by atoms with Crippen LogP contribution in [0.4, 0.5) is 4.79 Å². The fourth-order valence-electron chi connectivity index (χ4n) is 2.99. The van der Waals surface area contributed by atoms with Crippen LogP contribution in [0, 0.1) is 5.92 Å². The molecule has 0 spiro atoms. The first-order valence-corrected chi connectivity index (χ1v) is 7.58. The number of hydrogen-bond donors (Lipinski definition) is 2. The van der Waals surface area contributed by atoms with Crippen molar-refractivity contribution >= 4 is 6.09 Å². The number of nitrogens with zero attached hydrogens (tertiary/aromatic N) is 1. The number of ether oxygens (including phenoxy) is 1. The van der Waals surface area contributed by atoms with Crippen molar-refractivity contribution in [2.75, 3.05) is 13.2 Å². The summed E-state index contributed by atoms with van der Waals surface area (Å²) in [6, 6.07) is 0.189. The molecule has 118 valence electrons. The predicted octanol–water partition coefficient (Wildman–Crippen LogP) is 2.16. The minimum Gasteiger partial charge on any atom is -0.444 e. The Morgan fingerprint density at radius 1 is 1.30 bits per heavy atom. The zero-order valence-electron chi connectivity index (χ0n) is 13.1. The molecule has 5 heteroatoms. The summed E-state index contributed by atoms with van der Waals surface area (Å²) in [6.45, 7) is 8.30. The summed E-state index contributed by atoms with van der Waals surface area (Å²) in [7, 11) is 0. The van der Waals surface area contributed by atoms with Gasteiger partial charge in [-0.2, -0.15) is 0 Å². The van der Waals surface area contributed by atoms with Crippen molar-refractivity contribution in [3.8, 4) is 0 Å². The van der Waals surface area contributed by atoms with Crippen LogP contribution >= 0.6 is 0 Å². The summed E-state index contributed by atoms with van der Waals surface area (Å²) in [5.41, 5.74) is -0.442. The maximum atomic E-state index is 12.0. The first-order chi connectivity index (χ1) is 9.30. The van der Waals surface area contributed by atoms with Crippen molar-refractivity contribution in [1.29, 1.82) is 0 Å². The van der Waals surface area contributed by atoms with Gasteiger partial charge >= 0.3 is 6.09 Å². The molecule has 0 unspecified atom stereocenters. The van der Waals surface area contributed by atoms with Gasteiger partial charge in [0, 0.05) is 25.1 Å². The van der Waals surface area contributed by atoms with Crippen molar-refractivity contribution in [3.63, 3.8) is 0 Å². The monoisotopic (exact) mass is 287 g/mol. The summed E-state index contributed by atoms with van der Waals surface area (Å²) in [6.07, 6.45) is 3.33. The second-order valence-corrected chi connectivity index (χ2v) is 6.51. The highest BCUT2D eigenvalue weighted by Gasteiger charge is 2.43. The van der Waals surface area contributed by atoms with E-state index in [2.05, 4.69) is 0 Å². The molecule has 5 nitrogen and oxygen atoms in total. The number of fused-ring (bicyclic) bond motifs is 1. The van der Waals surface area contributed by atoms with Gasteiger partial charge in [-0.15, -0.1) is 0 Å². The lowest BCUT2D eigenvalue weighted by Gasteiger charge is -2.35. The van der Waals surface area contributed by atoms with E-state index in [1.54, 1.807) is 6.92 Å². The van der Waals surface area contributed by atoms with Gasteiger partial charge in [-0.25, -0.2) is 4.79 Å². The van der Waals surface area contributed by atoms with Gasteiger partial charge in [-0.1, -0.05) is 0 Å². The Labute approximate surface area is 121 Å². The average Bonchev–Trinajstić information content (AvgIpc) is 2.73. The lowest BCUT2D eigenvalue weighted by atomic mass is 9.83. The number of amides is 1. The summed E-state index contributed by atoms with van der Waals surface area (Å²) >= 11 is 0. The molecule has 2 N–H and O–H groups in total. The van der Waals surface area contributed by atoms with Crippen LogP contribution in [0.5, 0.6) is 0 Å². The molecule has 0 bridgehead atoms. The van der Waals surface area contributed by atoms with Crippen LogP contribution in [0.25, 0.3) is 0 Å². The van der Waals surface area contributed by atoms with E-state index < -0.39 is 5.60 Å². The molecular formula is C15H29NO4. The maximum Gasteiger partial charge on any atom is 0.410 e. The third-order valence-electron chi connectivity index (χ3n) is 3.72. The van der Waals surface area contributed by atoms with Crippen molar-refractivity contribution in [2.24, 2.45) is 5.92 Å². The van der Waals surface area contributed by atoms with Gasteiger partial charge in [0.25, 0.3) is 0 Å². The van der Waals surface area contributed by atoms with Crippen LogP contribution in [-0.4, -0.2) is 52.1 Å². The Morgan fingerprint density at radius 3 is 2.45 bits per heavy atom. The largest absolute Gasteiger partial charge is 0.444 e. The lowest BCUT2D eigenvalue weighted by Crippen LogP contribution is -2.45. The third-order valence-corrected chi connectivity index (χ3v) is 3.72. The normalized spacial score (nSPS) is 29.3. The summed E-state index contributed by atoms with van der Waals surface area (Å²) in [5.74, 6) is 0.260. The van der Waals surface area contributed by atoms with Gasteiger partial charge in [0.15, 0.2) is 0 Å². The number of likely N-dealkylation sites (tertiary alicyclic amines) is 1. The fraction of sp³-hybridized carbons (Fsp3) is 0.933. The zero-order chi connectivity index (χ0) is 15.3. The molecule has 1 saturated heterocycles. The summed E-state index contributed by atoms with van der Waals surface area (Å²) in [5, 5.41) is 17.5. The Hall–Kier alpha value is -0.810. The molecule has 1 heterocycles. The highest BCUT2D eigenvalue weighted by Crippen LogP contribution is 2.37. The quantitative estimate of drug-likeness (QED) is 0.716. The van der Waals surface area contributed by atoms with Crippen LogP contribution in [0.15, 0.2) is 0 Å². The van der Waals surface area contributed by atoms with Crippen molar-refractivity contribution < 1.29 is 19.7 Å². The van der Waals surface area contributed by atoms with E-state index in [1.165, 1.54) is 0 Å². The second kappa shape index (κ2) is 7.27. The van der Waals surface area contributed by atoms with Gasteiger partial charge in [-0.3, -0.25) is 0 Å². The van der Waals surface area contributed by atoms with E-state index in [0.717, 1.165) is 32.2 Å². The number of carbonyl (C=O) groups excluding carboxylic acids is 1. The standard InChI is InChI=1S/C13H23NO3.C2H6O/c1-13(2,3)17-12(16)14-8-7-9-10(14)5-4-6-11(9)15;1-2-3/h9-11,15H,4-8H2,1-3H3;3H,2H2,1H3/t9-,10-,11+;/m1./s1. The number of aliphatic hydroxyl groups is 2. The molecule has 1 aliphatic carbocycles. The molecule has 2 fully saturated rings. The molecule has 0 radical (unpaired) electrons. The maximum absolute atomic E-state index is 12.0. The van der Waals surface area contributed by atoms with Gasteiger partial charge in [0.1, 0.15) is 5.60 Å². The Balaban J connectivity index is 0.000000612. The fourth-order valence-corrected chi connectivity index (χ4v) is 2.99. The number of aliphatic hydroxyl groups excluding tert-OH is 2. The van der Waals surface area contributed by atoms with Crippen LogP contribution < -0.4 is 0 Å². The van der Waals surface area contributed by atoms with E-state index in [-0.39, 0.29) is 30.8 Å². The van der Waals surface area contributed by atoms with Crippen molar-refractivity contribution in [1.82, 2.24) is 4.90 Å². The molecule has 2 aliphatic rings. The Morgan fingerprint density at radius 2 is 1.90 bits per heavy atom. The SMILES string of the molecule is CC(C)(C)OC(=O)N1CC[C@@H]2[C@H]1CCC[C@@H]2O.CCO. The molecular weight excluding hydrogens is 258 g/mol. The minimum atomic E-state index is -0.442. The first-order valence-electron chi connectivity index (χ1n) is 7.58. The van der Waals surface area contributed by atoms with Gasteiger partial charge in [0.05, 0.1) is 6.10 Å². The summed E-state index contributed by atoms with van der Waals surface area (Å²) < 4.78 is 5.41. The van der Waals surface area contributed by atoms with E-state index in [1.807, 2.05) is 25.7 Å². The molecule has 20 heavy (non-hydrogen) atoms. The predicted molar refractivity (Wildman–Crippen MR) is 77.5 cm³/mol. The van der Waals surface area contributed by atoms with E-state index in [9.17, 15) is 9.90 Å². The second-order valence-electron chi connectivity index (χ2n) is 6.51. The molecule has 2 rings (SSSR count). The minimum absolute atomic E-state index is 0.189. The van der Waals surface area contributed by atoms with Crippen LogP contribution in [0.2, 0.25) is 0 Å². The van der Waals surface area contributed by atoms with Crippen LogP contribution in [-0.2, 0) is 4.74 Å². The zero-order valence-corrected chi connectivity index (χ0v) is 13.1. The number of carbonyl (C=O) groups is 1. The van der Waals surface area contributed by atoms with Crippen molar-refractivity contribution in [2.45, 2.75) is 71.1 Å². The van der Waals surface area contributed by atoms with Crippen LogP contribution in [0.3, 0.4) is 0 Å². The topological polar surface area (TPSA) is 70.0 Å². The van der Waals surface area contributed by atoms with Gasteiger partial charge in [-0.05, 0) is 53.4 Å². The average molecular weight is 287 g/mol. The summed E-state index contributed by atoms with van der Waals surface area (Å²) in [4.78, 5) is 13.9. The first kappa shape index (κ1) is 17.2. The van der Waals surface area contributed by atoms with Crippen molar-refractivity contribution in [3.05, 3.63) is 0 Å². The number of hydrogen-bond acceptors (Lipinski definition) is 4. The number of rotatable bonds is 0. The van der Waals surface area contributed by atoms with Gasteiger partial charge in [0.2, 0.25) is 0 Å². The van der Waals surface area contributed by atoms with E-state index in [4.69, 9.17) is 9.84 Å². The van der Waals surface area contributed by atoms with E-state index in [0.29, 0.717) is 0 Å². The molecule has 1 aliphatic heterocycles. The molecule has 1 amide bonds. The molecule has 0 aromatic carbocycles. The highest BCUT2D eigenvalue weighted by molar-refractivity contribution is 5.69.